The van der Waals surface area contributed by atoms with Gasteiger partial charge in [-0.2, -0.15) is 0 Å². The molecule has 0 aromatic rings. The van der Waals surface area contributed by atoms with Gasteiger partial charge in [0, 0.05) is 0 Å². The average molecular weight is 182 g/mol. The van der Waals surface area contributed by atoms with E-state index in [1.807, 2.05) is 0 Å². The van der Waals surface area contributed by atoms with Gasteiger partial charge in [0.1, 0.15) is 12.0 Å². The molecule has 0 radical (unpaired) electrons. The zero-order valence-corrected chi connectivity index (χ0v) is 6.61. The predicted octanol–water partition coefficient (Wildman–Crippen LogP) is -0.442. The summed E-state index contributed by atoms with van der Waals surface area (Å²) in [5.74, 6) is -2.69. The Morgan fingerprint density at radius 3 is 2.69 bits per heavy atom. The van der Waals surface area contributed by atoms with Crippen LogP contribution >= 0.6 is 0 Å². The quantitative estimate of drug-likeness (QED) is 0.288. The summed E-state index contributed by atoms with van der Waals surface area (Å²) in [4.78, 5) is 32.8. The summed E-state index contributed by atoms with van der Waals surface area (Å²) in [6.45, 7) is 3.40. The molecule has 2 heterocycles. The van der Waals surface area contributed by atoms with E-state index in [0.29, 0.717) is 0 Å². The molecule has 2 aliphatic heterocycles. The highest BCUT2D eigenvalue weighted by Crippen LogP contribution is 2.32. The van der Waals surface area contributed by atoms with Crippen LogP contribution in [0.25, 0.3) is 0 Å². The van der Waals surface area contributed by atoms with E-state index in [0.717, 1.165) is 0 Å². The fourth-order valence-corrected chi connectivity index (χ4v) is 1.43. The van der Waals surface area contributed by atoms with Gasteiger partial charge in [0.15, 0.2) is 0 Å². The predicted molar refractivity (Wildman–Crippen MR) is 38.2 cm³/mol. The molecule has 5 nitrogen and oxygen atoms in total. The molecule has 0 spiro atoms. The van der Waals surface area contributed by atoms with Crippen LogP contribution in [0.5, 0.6) is 0 Å². The molecule has 0 aromatic heterocycles. The van der Waals surface area contributed by atoms with Crippen molar-refractivity contribution >= 4 is 17.9 Å². The van der Waals surface area contributed by atoms with Crippen LogP contribution in [0.3, 0.4) is 0 Å². The molecule has 2 atom stereocenters. The number of hydrogen-bond acceptors (Lipinski definition) is 5. The van der Waals surface area contributed by atoms with E-state index in [1.165, 1.54) is 0 Å². The first-order valence-corrected chi connectivity index (χ1v) is 3.74. The van der Waals surface area contributed by atoms with Crippen molar-refractivity contribution in [1.29, 1.82) is 0 Å². The minimum absolute atomic E-state index is 0.0319. The monoisotopic (exact) mass is 182 g/mol. The highest BCUT2D eigenvalue weighted by Gasteiger charge is 2.49. The third-order valence-corrected chi connectivity index (χ3v) is 2.11. The van der Waals surface area contributed by atoms with Gasteiger partial charge < -0.3 is 9.47 Å². The first kappa shape index (κ1) is 7.97. The molecule has 2 rings (SSSR count). The molecular weight excluding hydrogens is 176 g/mol. The lowest BCUT2D eigenvalue weighted by Gasteiger charge is -2.21. The van der Waals surface area contributed by atoms with Crippen LogP contribution in [-0.4, -0.2) is 24.0 Å². The highest BCUT2D eigenvalue weighted by atomic mass is 16.6. The Bertz CT molecular complexity index is 329. The summed E-state index contributed by atoms with van der Waals surface area (Å²) in [5, 5.41) is 0. The van der Waals surface area contributed by atoms with E-state index in [2.05, 4.69) is 11.3 Å². The van der Waals surface area contributed by atoms with Gasteiger partial charge >= 0.3 is 17.9 Å². The molecule has 0 aliphatic carbocycles. The first-order chi connectivity index (χ1) is 6.09. The maximum absolute atomic E-state index is 11.1. The number of cyclic esters (lactones) is 2. The summed E-state index contributed by atoms with van der Waals surface area (Å²) in [6.07, 6.45) is -0.836. The van der Waals surface area contributed by atoms with Crippen LogP contribution < -0.4 is 0 Å². The fourth-order valence-electron chi connectivity index (χ4n) is 1.43. The Hall–Kier alpha value is -1.65. The van der Waals surface area contributed by atoms with Crippen LogP contribution in [0.4, 0.5) is 0 Å². The summed E-state index contributed by atoms with van der Waals surface area (Å²) >= 11 is 0. The van der Waals surface area contributed by atoms with Crippen LogP contribution in [0, 0.1) is 5.92 Å². The van der Waals surface area contributed by atoms with E-state index in [4.69, 9.17) is 4.74 Å². The number of carbonyl (C=O) groups is 3. The van der Waals surface area contributed by atoms with Gasteiger partial charge in [-0.25, -0.2) is 4.79 Å². The minimum atomic E-state index is -0.805. The van der Waals surface area contributed by atoms with E-state index in [-0.39, 0.29) is 12.0 Å². The lowest BCUT2D eigenvalue weighted by Crippen LogP contribution is -2.38. The second-order valence-electron chi connectivity index (χ2n) is 2.95. The van der Waals surface area contributed by atoms with Gasteiger partial charge in [-0.1, -0.05) is 6.58 Å². The molecule has 0 unspecified atom stereocenters. The normalized spacial score (nSPS) is 32.6. The summed E-state index contributed by atoms with van der Waals surface area (Å²) in [6, 6.07) is 0. The zero-order chi connectivity index (χ0) is 9.59. The van der Waals surface area contributed by atoms with Crippen LogP contribution in [0.15, 0.2) is 12.2 Å². The van der Waals surface area contributed by atoms with Crippen molar-refractivity contribution in [2.45, 2.75) is 12.5 Å². The SMILES string of the molecule is C=C1C(=O)OC(=O)[C@H]2CC(=O)O[C@@H]12. The Kier molecular flexibility index (Phi) is 1.48. The maximum atomic E-state index is 11.1. The molecule has 0 amide bonds. The van der Waals surface area contributed by atoms with Crippen molar-refractivity contribution in [2.75, 3.05) is 0 Å². The van der Waals surface area contributed by atoms with Gasteiger partial charge in [0.25, 0.3) is 0 Å². The topological polar surface area (TPSA) is 69.7 Å². The van der Waals surface area contributed by atoms with Crippen molar-refractivity contribution in [3.05, 3.63) is 12.2 Å². The molecule has 0 aromatic carbocycles. The first-order valence-electron chi connectivity index (χ1n) is 3.74. The minimum Gasteiger partial charge on any atom is -0.456 e. The van der Waals surface area contributed by atoms with Crippen LogP contribution in [0.2, 0.25) is 0 Å². The smallest absolute Gasteiger partial charge is 0.344 e. The maximum Gasteiger partial charge on any atom is 0.344 e. The molecule has 2 aliphatic rings. The second kappa shape index (κ2) is 2.42. The van der Waals surface area contributed by atoms with Crippen molar-refractivity contribution in [2.24, 2.45) is 5.92 Å². The molecule has 0 N–H and O–H groups in total. The lowest BCUT2D eigenvalue weighted by molar-refractivity contribution is -0.166. The Morgan fingerprint density at radius 1 is 1.31 bits per heavy atom. The van der Waals surface area contributed by atoms with Crippen molar-refractivity contribution < 1.29 is 23.9 Å². The van der Waals surface area contributed by atoms with Gasteiger partial charge in [0.05, 0.1) is 12.0 Å². The van der Waals surface area contributed by atoms with Gasteiger partial charge in [-0.3, -0.25) is 9.59 Å². The molecule has 0 saturated carbocycles. The van der Waals surface area contributed by atoms with Crippen molar-refractivity contribution in [3.8, 4) is 0 Å². The number of ether oxygens (including phenoxy) is 2. The molecule has 0 bridgehead atoms. The zero-order valence-electron chi connectivity index (χ0n) is 6.61. The number of carbonyl (C=O) groups excluding carboxylic acids is 3. The molecule has 68 valence electrons. The largest absolute Gasteiger partial charge is 0.456 e. The molecular formula is C8H6O5. The average Bonchev–Trinajstić information content (AvgIpc) is 2.44. The van der Waals surface area contributed by atoms with Crippen molar-refractivity contribution in [1.82, 2.24) is 0 Å². The fraction of sp³-hybridized carbons (Fsp3) is 0.375. The standard InChI is InChI=1S/C8H6O5/c1-3-6-4(2-5(9)12-6)8(11)13-7(3)10/h4,6H,1-2H2/t4-,6-/m0/s1. The number of hydrogen-bond donors (Lipinski definition) is 0. The van der Waals surface area contributed by atoms with Crippen molar-refractivity contribution in [3.63, 3.8) is 0 Å². The summed E-state index contributed by atoms with van der Waals surface area (Å²) < 4.78 is 9.11. The summed E-state index contributed by atoms with van der Waals surface area (Å²) in [7, 11) is 0. The van der Waals surface area contributed by atoms with E-state index in [1.54, 1.807) is 0 Å². The van der Waals surface area contributed by atoms with E-state index >= 15 is 0 Å². The van der Waals surface area contributed by atoms with E-state index < -0.39 is 29.9 Å². The lowest BCUT2D eigenvalue weighted by atomic mass is 9.94. The Balaban J connectivity index is 2.33. The molecule has 2 fully saturated rings. The second-order valence-corrected chi connectivity index (χ2v) is 2.95. The third kappa shape index (κ3) is 1.04. The number of esters is 3. The Morgan fingerprint density at radius 2 is 2.00 bits per heavy atom. The van der Waals surface area contributed by atoms with E-state index in [9.17, 15) is 14.4 Å². The van der Waals surface area contributed by atoms with Gasteiger partial charge in [0.2, 0.25) is 0 Å². The molecule has 2 saturated heterocycles. The summed E-state index contributed by atoms with van der Waals surface area (Å²) in [5.41, 5.74) is 0.0375. The van der Waals surface area contributed by atoms with Crippen LogP contribution in [-0.2, 0) is 23.9 Å². The Labute approximate surface area is 73.3 Å². The van der Waals surface area contributed by atoms with Gasteiger partial charge in [-0.05, 0) is 0 Å². The highest BCUT2D eigenvalue weighted by molar-refractivity contribution is 6.03. The third-order valence-electron chi connectivity index (χ3n) is 2.11. The van der Waals surface area contributed by atoms with Crippen LogP contribution in [0.1, 0.15) is 6.42 Å². The van der Waals surface area contributed by atoms with Gasteiger partial charge in [-0.15, -0.1) is 0 Å². The number of fused-ring (bicyclic) bond motifs is 1. The molecule has 13 heavy (non-hydrogen) atoms. The molecule has 5 heteroatoms. The number of rotatable bonds is 0.